The van der Waals surface area contributed by atoms with Gasteiger partial charge in [0.15, 0.2) is 0 Å². The standard InChI is InChI=1S/C23H33NO2/c1-15-18-9-10-19(15)14-23(2,13-18)22(25)24-20-11-16-7-5-4-6-8-17(16)12-21(20)26-3/h11-12,15,18-19H,4-10,13-14H2,1-3H3,(H,24,25). The Labute approximate surface area is 157 Å². The van der Waals surface area contributed by atoms with E-state index in [0.717, 1.165) is 54.9 Å². The van der Waals surface area contributed by atoms with Gasteiger partial charge in [0.05, 0.1) is 12.8 Å². The lowest BCUT2D eigenvalue weighted by Gasteiger charge is -2.40. The Bertz CT molecular complexity index is 682. The van der Waals surface area contributed by atoms with E-state index in [1.54, 1.807) is 7.11 Å². The van der Waals surface area contributed by atoms with Gasteiger partial charge in [-0.25, -0.2) is 0 Å². The number of amides is 1. The molecule has 2 bridgehead atoms. The van der Waals surface area contributed by atoms with Gasteiger partial charge in [-0.15, -0.1) is 0 Å². The van der Waals surface area contributed by atoms with Crippen LogP contribution in [-0.2, 0) is 17.6 Å². The summed E-state index contributed by atoms with van der Waals surface area (Å²) >= 11 is 0. The largest absolute Gasteiger partial charge is 0.495 e. The van der Waals surface area contributed by atoms with Crippen LogP contribution in [0.2, 0.25) is 0 Å². The SMILES string of the molecule is COc1cc2c(cc1NC(=O)C1(C)CC3CCC(C1)C3C)CCCCC2. The molecule has 2 saturated carbocycles. The molecule has 2 unspecified atom stereocenters. The fraction of sp³-hybridized carbons (Fsp3) is 0.696. The van der Waals surface area contributed by atoms with E-state index < -0.39 is 0 Å². The smallest absolute Gasteiger partial charge is 0.230 e. The number of hydrogen-bond donors (Lipinski definition) is 1. The molecule has 142 valence electrons. The summed E-state index contributed by atoms with van der Waals surface area (Å²) in [6.45, 7) is 4.56. The van der Waals surface area contributed by atoms with Gasteiger partial charge in [-0.2, -0.15) is 0 Å². The number of methoxy groups -OCH3 is 1. The molecule has 3 aliphatic carbocycles. The van der Waals surface area contributed by atoms with Crippen LogP contribution in [0, 0.1) is 23.2 Å². The van der Waals surface area contributed by atoms with Crippen molar-refractivity contribution in [2.75, 3.05) is 12.4 Å². The third kappa shape index (κ3) is 3.14. The normalized spacial score (nSPS) is 33.3. The highest BCUT2D eigenvalue weighted by atomic mass is 16.5. The van der Waals surface area contributed by atoms with Gasteiger partial charge >= 0.3 is 0 Å². The Morgan fingerprint density at radius 3 is 2.31 bits per heavy atom. The van der Waals surface area contributed by atoms with Crippen molar-refractivity contribution in [3.05, 3.63) is 23.3 Å². The zero-order valence-corrected chi connectivity index (χ0v) is 16.6. The lowest BCUT2D eigenvalue weighted by Crippen LogP contribution is -2.41. The number of carbonyl (C=O) groups is 1. The molecule has 4 rings (SSSR count). The molecule has 1 amide bonds. The highest BCUT2D eigenvalue weighted by molar-refractivity contribution is 5.96. The van der Waals surface area contributed by atoms with Gasteiger partial charge in [-0.1, -0.05) is 20.3 Å². The number of nitrogens with one attached hydrogen (secondary N) is 1. The van der Waals surface area contributed by atoms with E-state index in [4.69, 9.17) is 4.74 Å². The molecule has 1 aromatic rings. The van der Waals surface area contributed by atoms with Gasteiger partial charge in [0, 0.05) is 5.41 Å². The molecule has 3 heteroatoms. The second-order valence-electron chi connectivity index (χ2n) is 9.26. The van der Waals surface area contributed by atoms with E-state index >= 15 is 0 Å². The van der Waals surface area contributed by atoms with Gasteiger partial charge in [-0.3, -0.25) is 4.79 Å². The Morgan fingerprint density at radius 2 is 1.69 bits per heavy atom. The first-order valence-corrected chi connectivity index (χ1v) is 10.5. The molecular weight excluding hydrogens is 322 g/mol. The van der Waals surface area contributed by atoms with Crippen LogP contribution in [0.3, 0.4) is 0 Å². The Balaban J connectivity index is 1.56. The van der Waals surface area contributed by atoms with E-state index in [0.29, 0.717) is 0 Å². The summed E-state index contributed by atoms with van der Waals surface area (Å²) in [6, 6.07) is 4.34. The van der Waals surface area contributed by atoms with Crippen molar-refractivity contribution in [3.63, 3.8) is 0 Å². The first-order chi connectivity index (χ1) is 12.5. The third-order valence-corrected chi connectivity index (χ3v) is 7.53. The highest BCUT2D eigenvalue weighted by Gasteiger charge is 2.49. The highest BCUT2D eigenvalue weighted by Crippen LogP contribution is 2.54. The molecule has 3 nitrogen and oxygen atoms in total. The number of aryl methyl sites for hydroxylation is 2. The number of fused-ring (bicyclic) bond motifs is 3. The van der Waals surface area contributed by atoms with Gasteiger partial charge in [0.1, 0.15) is 5.75 Å². The summed E-state index contributed by atoms with van der Waals surface area (Å²) in [5, 5.41) is 3.26. The average molecular weight is 356 g/mol. The third-order valence-electron chi connectivity index (χ3n) is 7.53. The van der Waals surface area contributed by atoms with Crippen molar-refractivity contribution < 1.29 is 9.53 Å². The van der Waals surface area contributed by atoms with Crippen molar-refractivity contribution in [2.45, 2.75) is 71.6 Å². The van der Waals surface area contributed by atoms with Crippen LogP contribution in [0.5, 0.6) is 5.75 Å². The predicted molar refractivity (Wildman–Crippen MR) is 106 cm³/mol. The van der Waals surface area contributed by atoms with E-state index in [-0.39, 0.29) is 11.3 Å². The Hall–Kier alpha value is -1.51. The monoisotopic (exact) mass is 355 g/mol. The second kappa shape index (κ2) is 6.90. The van der Waals surface area contributed by atoms with Gasteiger partial charge < -0.3 is 10.1 Å². The summed E-state index contributed by atoms with van der Waals surface area (Å²) in [5.41, 5.74) is 3.41. The second-order valence-corrected chi connectivity index (χ2v) is 9.26. The number of carbonyl (C=O) groups excluding carboxylic acids is 1. The molecule has 0 aliphatic heterocycles. The molecule has 0 radical (unpaired) electrons. The van der Waals surface area contributed by atoms with Crippen molar-refractivity contribution in [1.29, 1.82) is 0 Å². The van der Waals surface area contributed by atoms with Crippen LogP contribution in [0.15, 0.2) is 12.1 Å². The lowest BCUT2D eigenvalue weighted by molar-refractivity contribution is -0.128. The first-order valence-electron chi connectivity index (χ1n) is 10.5. The van der Waals surface area contributed by atoms with Crippen LogP contribution in [0.4, 0.5) is 5.69 Å². The van der Waals surface area contributed by atoms with Crippen molar-refractivity contribution >= 4 is 11.6 Å². The molecule has 1 N–H and O–H groups in total. The zero-order chi connectivity index (χ0) is 18.3. The Morgan fingerprint density at radius 1 is 1.08 bits per heavy atom. The fourth-order valence-electron chi connectivity index (χ4n) is 5.82. The maximum atomic E-state index is 13.3. The number of ether oxygens (including phenoxy) is 1. The van der Waals surface area contributed by atoms with Crippen molar-refractivity contribution in [1.82, 2.24) is 0 Å². The molecule has 26 heavy (non-hydrogen) atoms. The Kier molecular flexibility index (Phi) is 4.75. The van der Waals surface area contributed by atoms with Crippen LogP contribution < -0.4 is 10.1 Å². The van der Waals surface area contributed by atoms with Gasteiger partial charge in [0.2, 0.25) is 5.91 Å². The molecule has 0 heterocycles. The predicted octanol–water partition coefficient (Wildman–Crippen LogP) is 5.37. The summed E-state index contributed by atoms with van der Waals surface area (Å²) in [5.74, 6) is 3.23. The molecule has 2 atom stereocenters. The van der Waals surface area contributed by atoms with Crippen molar-refractivity contribution in [2.24, 2.45) is 23.2 Å². The summed E-state index contributed by atoms with van der Waals surface area (Å²) in [6.07, 6.45) is 10.7. The minimum atomic E-state index is -0.240. The minimum absolute atomic E-state index is 0.188. The van der Waals surface area contributed by atoms with Crippen molar-refractivity contribution in [3.8, 4) is 5.75 Å². The number of benzene rings is 1. The molecular formula is C23H33NO2. The molecule has 0 saturated heterocycles. The van der Waals surface area contributed by atoms with Crippen LogP contribution >= 0.6 is 0 Å². The number of rotatable bonds is 3. The zero-order valence-electron chi connectivity index (χ0n) is 16.6. The maximum absolute atomic E-state index is 13.3. The van der Waals surface area contributed by atoms with Crippen LogP contribution in [0.25, 0.3) is 0 Å². The summed E-state index contributed by atoms with van der Waals surface area (Å²) < 4.78 is 5.63. The minimum Gasteiger partial charge on any atom is -0.495 e. The van der Waals surface area contributed by atoms with E-state index in [9.17, 15) is 4.79 Å². The topological polar surface area (TPSA) is 38.3 Å². The molecule has 0 spiro atoms. The van der Waals surface area contributed by atoms with E-state index in [1.807, 2.05) is 0 Å². The van der Waals surface area contributed by atoms with Gasteiger partial charge in [0.25, 0.3) is 0 Å². The number of hydrogen-bond acceptors (Lipinski definition) is 2. The van der Waals surface area contributed by atoms with E-state index in [1.165, 1.54) is 43.2 Å². The molecule has 2 fully saturated rings. The molecule has 0 aromatic heterocycles. The van der Waals surface area contributed by atoms with Crippen LogP contribution in [-0.4, -0.2) is 13.0 Å². The number of anilines is 1. The summed E-state index contributed by atoms with van der Waals surface area (Å²) in [4.78, 5) is 13.3. The maximum Gasteiger partial charge on any atom is 0.230 e. The average Bonchev–Trinajstić information content (AvgIpc) is 2.83. The molecule has 1 aromatic carbocycles. The van der Waals surface area contributed by atoms with E-state index in [2.05, 4.69) is 31.3 Å². The van der Waals surface area contributed by atoms with Gasteiger partial charge in [-0.05, 0) is 92.4 Å². The van der Waals surface area contributed by atoms with Crippen LogP contribution in [0.1, 0.15) is 69.9 Å². The lowest BCUT2D eigenvalue weighted by atomic mass is 9.65. The summed E-state index contributed by atoms with van der Waals surface area (Å²) in [7, 11) is 1.71. The fourth-order valence-corrected chi connectivity index (χ4v) is 5.82. The first kappa shape index (κ1) is 17.9. The molecule has 3 aliphatic rings. The quantitative estimate of drug-likeness (QED) is 0.741.